The molecular formula is C42H76O12S. The van der Waals surface area contributed by atoms with Crippen molar-refractivity contribution < 1.29 is 56.8 Å². The van der Waals surface area contributed by atoms with Crippen LogP contribution in [0.3, 0.4) is 0 Å². The van der Waals surface area contributed by atoms with Crippen LogP contribution in [0, 0.1) is 0 Å². The van der Waals surface area contributed by atoms with E-state index in [0.717, 1.165) is 64.2 Å². The minimum Gasteiger partial charge on any atom is -0.462 e. The molecule has 0 aromatic heterocycles. The van der Waals surface area contributed by atoms with Crippen LogP contribution in [0.15, 0.2) is 24.3 Å². The van der Waals surface area contributed by atoms with Gasteiger partial charge in [0.2, 0.25) is 0 Å². The molecule has 1 fully saturated rings. The smallest absolute Gasteiger partial charge is 0.306 e. The Balaban J connectivity index is 2.50. The summed E-state index contributed by atoms with van der Waals surface area (Å²) in [5, 5.41) is 30.8. The van der Waals surface area contributed by atoms with Crippen molar-refractivity contribution in [2.45, 2.75) is 211 Å². The van der Waals surface area contributed by atoms with Crippen molar-refractivity contribution in [3.63, 3.8) is 0 Å². The Morgan fingerprint density at radius 2 is 1.04 bits per heavy atom. The number of carbonyl (C=O) groups excluding carboxylic acids is 2. The molecule has 1 rings (SSSR count). The Morgan fingerprint density at radius 1 is 0.600 bits per heavy atom. The lowest BCUT2D eigenvalue weighted by Gasteiger charge is -2.40. The molecule has 0 aliphatic carbocycles. The van der Waals surface area contributed by atoms with E-state index in [-0.39, 0.29) is 19.4 Å². The van der Waals surface area contributed by atoms with Gasteiger partial charge in [0.25, 0.3) is 10.1 Å². The Kier molecular flexibility index (Phi) is 30.8. The van der Waals surface area contributed by atoms with Crippen LogP contribution in [0.5, 0.6) is 0 Å². The van der Waals surface area contributed by atoms with E-state index in [1.807, 2.05) is 0 Å². The average Bonchev–Trinajstić information content (AvgIpc) is 3.14. The first-order valence-electron chi connectivity index (χ1n) is 21.4. The molecule has 1 heterocycles. The fourth-order valence-corrected chi connectivity index (χ4v) is 7.06. The standard InChI is InChI=1S/C42H76O12S/c1-3-5-7-9-11-13-15-17-18-19-21-23-25-27-29-31-38(44)53-35(33-52-42-41(47)40(46)39(45)36(54-42)34-55(48,49)50)32-51-37(43)30-28-26-24-22-20-16-14-12-10-8-6-4-2/h12,14,19,21,35-36,39-42,45-47H,3-11,13,15-18,20,22-34H2,1-2H3,(H,48,49,50)/b14-12+,21-19+/t35-,36-,39-,40?,41?,42+/m1/s1. The molecule has 0 saturated carbocycles. The first kappa shape index (κ1) is 51.1. The zero-order chi connectivity index (χ0) is 40.6. The van der Waals surface area contributed by atoms with Crippen molar-refractivity contribution >= 4 is 22.1 Å². The predicted octanol–water partition coefficient (Wildman–Crippen LogP) is 8.06. The van der Waals surface area contributed by atoms with Crippen LogP contribution in [0.4, 0.5) is 0 Å². The summed E-state index contributed by atoms with van der Waals surface area (Å²) in [5.41, 5.74) is 0. The fourth-order valence-electron chi connectivity index (χ4n) is 6.37. The minimum absolute atomic E-state index is 0.144. The molecular weight excluding hydrogens is 729 g/mol. The lowest BCUT2D eigenvalue weighted by Crippen LogP contribution is -2.60. The van der Waals surface area contributed by atoms with Crippen LogP contribution in [-0.4, -0.2) is 96.0 Å². The van der Waals surface area contributed by atoms with Crippen molar-refractivity contribution in [1.82, 2.24) is 0 Å². The maximum Gasteiger partial charge on any atom is 0.306 e. The van der Waals surface area contributed by atoms with E-state index < -0.39 is 71.2 Å². The highest BCUT2D eigenvalue weighted by atomic mass is 32.2. The number of hydrogen-bond donors (Lipinski definition) is 4. The normalized spacial score (nSPS) is 21.0. The highest BCUT2D eigenvalue weighted by Crippen LogP contribution is 2.24. The number of rotatable bonds is 35. The summed E-state index contributed by atoms with van der Waals surface area (Å²) < 4.78 is 53.9. The zero-order valence-corrected chi connectivity index (χ0v) is 34.9. The Morgan fingerprint density at radius 3 is 1.56 bits per heavy atom. The summed E-state index contributed by atoms with van der Waals surface area (Å²) in [7, 11) is -4.60. The second-order valence-corrected chi connectivity index (χ2v) is 16.5. The number of ether oxygens (including phenoxy) is 4. The van der Waals surface area contributed by atoms with E-state index in [9.17, 15) is 37.9 Å². The molecule has 12 nitrogen and oxygen atoms in total. The van der Waals surface area contributed by atoms with Gasteiger partial charge in [-0.3, -0.25) is 14.1 Å². The highest BCUT2D eigenvalue weighted by molar-refractivity contribution is 7.85. The predicted molar refractivity (Wildman–Crippen MR) is 215 cm³/mol. The average molecular weight is 805 g/mol. The Hall–Kier alpha value is -1.87. The molecule has 2 unspecified atom stereocenters. The molecule has 322 valence electrons. The van der Waals surface area contributed by atoms with Gasteiger partial charge in [-0.2, -0.15) is 8.42 Å². The van der Waals surface area contributed by atoms with Gasteiger partial charge >= 0.3 is 11.9 Å². The van der Waals surface area contributed by atoms with Crippen LogP contribution in [0.1, 0.15) is 174 Å². The van der Waals surface area contributed by atoms with Crippen LogP contribution in [0.2, 0.25) is 0 Å². The molecule has 1 aliphatic rings. The number of unbranched alkanes of at least 4 members (excludes halogenated alkanes) is 19. The summed E-state index contributed by atoms with van der Waals surface area (Å²) in [6, 6.07) is 0. The first-order valence-corrected chi connectivity index (χ1v) is 23.0. The van der Waals surface area contributed by atoms with Gasteiger partial charge in [0.1, 0.15) is 36.8 Å². The van der Waals surface area contributed by atoms with E-state index >= 15 is 0 Å². The molecule has 0 radical (unpaired) electrons. The van der Waals surface area contributed by atoms with Crippen LogP contribution >= 0.6 is 0 Å². The third kappa shape index (κ3) is 28.2. The summed E-state index contributed by atoms with van der Waals surface area (Å²) in [5.74, 6) is -2.01. The number of hydrogen-bond acceptors (Lipinski definition) is 11. The number of carbonyl (C=O) groups is 2. The Labute approximate surface area is 332 Å². The van der Waals surface area contributed by atoms with E-state index in [1.165, 1.54) is 70.6 Å². The van der Waals surface area contributed by atoms with Gasteiger partial charge in [-0.05, 0) is 64.2 Å². The van der Waals surface area contributed by atoms with Crippen LogP contribution in [-0.2, 0) is 38.7 Å². The topological polar surface area (TPSA) is 186 Å². The van der Waals surface area contributed by atoms with E-state index in [4.69, 9.17) is 18.9 Å². The molecule has 13 heteroatoms. The van der Waals surface area contributed by atoms with Gasteiger partial charge in [-0.25, -0.2) is 0 Å². The van der Waals surface area contributed by atoms with Gasteiger partial charge in [-0.1, -0.05) is 122 Å². The fraction of sp³-hybridized carbons (Fsp3) is 0.857. The number of esters is 2. The second-order valence-electron chi connectivity index (χ2n) is 15.0. The quantitative estimate of drug-likeness (QED) is 0.0209. The van der Waals surface area contributed by atoms with E-state index in [0.29, 0.717) is 12.8 Å². The first-order chi connectivity index (χ1) is 26.5. The molecule has 0 aromatic carbocycles. The van der Waals surface area contributed by atoms with Gasteiger partial charge < -0.3 is 34.3 Å². The summed E-state index contributed by atoms with van der Waals surface area (Å²) in [6.07, 6.45) is 25.2. The monoisotopic (exact) mass is 805 g/mol. The molecule has 0 spiro atoms. The molecule has 4 N–H and O–H groups in total. The van der Waals surface area contributed by atoms with Crippen LogP contribution < -0.4 is 0 Å². The lowest BCUT2D eigenvalue weighted by molar-refractivity contribution is -0.297. The van der Waals surface area contributed by atoms with E-state index in [1.54, 1.807) is 0 Å². The maximum absolute atomic E-state index is 12.8. The van der Waals surface area contributed by atoms with Crippen molar-refractivity contribution in [3.05, 3.63) is 24.3 Å². The SMILES string of the molecule is CCCCC/C=C/CCCCCCCC(=O)OC[C@H](CO[C@H]1O[C@H](CS(=O)(=O)O)[C@@H](O)C(O)C1O)OC(=O)CCCCC/C=C/CCCCCCCCCC. The molecule has 0 amide bonds. The molecule has 0 bridgehead atoms. The maximum atomic E-state index is 12.8. The number of allylic oxidation sites excluding steroid dienone is 4. The molecule has 6 atom stereocenters. The minimum atomic E-state index is -4.60. The van der Waals surface area contributed by atoms with Crippen molar-refractivity contribution in [3.8, 4) is 0 Å². The van der Waals surface area contributed by atoms with Crippen molar-refractivity contribution in [1.29, 1.82) is 0 Å². The summed E-state index contributed by atoms with van der Waals surface area (Å²) in [6.45, 7) is 3.70. The molecule has 1 saturated heterocycles. The van der Waals surface area contributed by atoms with Crippen molar-refractivity contribution in [2.75, 3.05) is 19.0 Å². The largest absolute Gasteiger partial charge is 0.462 e. The molecule has 55 heavy (non-hydrogen) atoms. The summed E-state index contributed by atoms with van der Waals surface area (Å²) >= 11 is 0. The van der Waals surface area contributed by atoms with Gasteiger partial charge in [0, 0.05) is 12.8 Å². The highest BCUT2D eigenvalue weighted by Gasteiger charge is 2.46. The number of aliphatic hydroxyl groups excluding tert-OH is 3. The second kappa shape index (κ2) is 33.1. The zero-order valence-electron chi connectivity index (χ0n) is 34.0. The van der Waals surface area contributed by atoms with Gasteiger partial charge in [0.15, 0.2) is 12.4 Å². The molecule has 1 aliphatic heterocycles. The van der Waals surface area contributed by atoms with Gasteiger partial charge in [-0.15, -0.1) is 0 Å². The third-order valence-corrected chi connectivity index (χ3v) is 10.5. The lowest BCUT2D eigenvalue weighted by atomic mass is 10.00. The third-order valence-electron chi connectivity index (χ3n) is 9.75. The van der Waals surface area contributed by atoms with Crippen LogP contribution in [0.25, 0.3) is 0 Å². The number of aliphatic hydroxyl groups is 3. The Bertz CT molecular complexity index is 1130. The van der Waals surface area contributed by atoms with Crippen molar-refractivity contribution in [2.24, 2.45) is 0 Å². The molecule has 0 aromatic rings. The summed E-state index contributed by atoms with van der Waals surface area (Å²) in [4.78, 5) is 25.3. The van der Waals surface area contributed by atoms with Gasteiger partial charge in [0.05, 0.1) is 6.61 Å². The van der Waals surface area contributed by atoms with E-state index in [2.05, 4.69) is 38.2 Å².